The van der Waals surface area contributed by atoms with Crippen molar-refractivity contribution < 1.29 is 19.4 Å². The van der Waals surface area contributed by atoms with Crippen molar-refractivity contribution in [2.45, 2.75) is 13.0 Å². The number of aliphatic hydroxyl groups is 1. The Kier molecular flexibility index (Phi) is 4.70. The first kappa shape index (κ1) is 14.5. The molecule has 0 saturated heterocycles. The van der Waals surface area contributed by atoms with E-state index in [0.29, 0.717) is 0 Å². The molecule has 1 atom stereocenters. The molecule has 0 aliphatic rings. The summed E-state index contributed by atoms with van der Waals surface area (Å²) < 4.78 is 5.66. The number of carbonyl (C=O) groups excluding carboxylic acids is 2. The standard InChI is InChI=1S/C14H15NO4S/c1-9(16)19-7-14(18)15-6-12(17)11-8-20-13-5-3-2-4-10(11)13/h2-5,8,12,17H,6-7H2,1H3,(H,15,18)/t12-/m0/s1. The molecule has 2 aromatic rings. The molecule has 0 aliphatic carbocycles. The predicted molar refractivity (Wildman–Crippen MR) is 76.4 cm³/mol. The third-order valence-corrected chi connectivity index (χ3v) is 3.75. The van der Waals surface area contributed by atoms with Crippen molar-refractivity contribution in [1.82, 2.24) is 5.32 Å². The molecule has 1 aromatic carbocycles. The summed E-state index contributed by atoms with van der Waals surface area (Å²) in [6, 6.07) is 7.76. The maximum Gasteiger partial charge on any atom is 0.303 e. The molecule has 0 unspecified atom stereocenters. The lowest BCUT2D eigenvalue weighted by Crippen LogP contribution is -2.32. The summed E-state index contributed by atoms with van der Waals surface area (Å²) in [5, 5.41) is 15.5. The van der Waals surface area contributed by atoms with Gasteiger partial charge in [-0.1, -0.05) is 18.2 Å². The van der Waals surface area contributed by atoms with E-state index < -0.39 is 18.0 Å². The van der Waals surface area contributed by atoms with Gasteiger partial charge in [-0.3, -0.25) is 9.59 Å². The molecule has 0 aliphatic heterocycles. The molecule has 0 fully saturated rings. The lowest BCUT2D eigenvalue weighted by atomic mass is 10.1. The van der Waals surface area contributed by atoms with Crippen molar-refractivity contribution in [1.29, 1.82) is 0 Å². The van der Waals surface area contributed by atoms with Gasteiger partial charge >= 0.3 is 5.97 Å². The summed E-state index contributed by atoms with van der Waals surface area (Å²) >= 11 is 1.55. The second-order valence-corrected chi connectivity index (χ2v) is 5.20. The van der Waals surface area contributed by atoms with Crippen LogP contribution in [0.4, 0.5) is 0 Å². The summed E-state index contributed by atoms with van der Waals surface area (Å²) in [6.45, 7) is 0.993. The van der Waals surface area contributed by atoms with Crippen LogP contribution >= 0.6 is 11.3 Å². The molecule has 106 valence electrons. The third-order valence-electron chi connectivity index (χ3n) is 2.77. The summed E-state index contributed by atoms with van der Waals surface area (Å²) in [7, 11) is 0. The minimum Gasteiger partial charge on any atom is -0.456 e. The maximum absolute atomic E-state index is 11.4. The van der Waals surface area contributed by atoms with E-state index in [1.807, 2.05) is 29.6 Å². The van der Waals surface area contributed by atoms with E-state index in [-0.39, 0.29) is 13.2 Å². The maximum atomic E-state index is 11.4. The summed E-state index contributed by atoms with van der Waals surface area (Å²) in [6.07, 6.45) is -0.785. The van der Waals surface area contributed by atoms with E-state index in [1.54, 1.807) is 11.3 Å². The summed E-state index contributed by atoms with van der Waals surface area (Å²) in [5.74, 6) is -0.941. The molecule has 0 saturated carbocycles. The van der Waals surface area contributed by atoms with E-state index in [1.165, 1.54) is 6.92 Å². The van der Waals surface area contributed by atoms with Crippen LogP contribution in [0.15, 0.2) is 29.6 Å². The molecule has 5 nitrogen and oxygen atoms in total. The Hall–Kier alpha value is -1.92. The Morgan fingerprint density at radius 2 is 2.15 bits per heavy atom. The normalized spacial score (nSPS) is 12.1. The van der Waals surface area contributed by atoms with E-state index in [2.05, 4.69) is 10.1 Å². The molecule has 0 radical (unpaired) electrons. The van der Waals surface area contributed by atoms with Crippen molar-refractivity contribution in [3.05, 3.63) is 35.2 Å². The first-order valence-corrected chi connectivity index (χ1v) is 7.00. The molecular weight excluding hydrogens is 278 g/mol. The van der Waals surface area contributed by atoms with Gasteiger partial charge in [0.1, 0.15) is 0 Å². The number of hydrogen-bond acceptors (Lipinski definition) is 5. The number of nitrogens with one attached hydrogen (secondary N) is 1. The highest BCUT2D eigenvalue weighted by atomic mass is 32.1. The number of esters is 1. The minimum atomic E-state index is -0.785. The molecule has 6 heteroatoms. The van der Waals surface area contributed by atoms with Gasteiger partial charge in [0.05, 0.1) is 6.10 Å². The number of hydrogen-bond donors (Lipinski definition) is 2. The van der Waals surface area contributed by atoms with Gasteiger partial charge in [0.25, 0.3) is 5.91 Å². The number of carbonyl (C=O) groups is 2. The van der Waals surface area contributed by atoms with Crippen LogP contribution < -0.4 is 5.32 Å². The number of fused-ring (bicyclic) bond motifs is 1. The second kappa shape index (κ2) is 6.49. The Bertz CT molecular complexity index is 622. The second-order valence-electron chi connectivity index (χ2n) is 4.29. The van der Waals surface area contributed by atoms with Crippen LogP contribution in [-0.2, 0) is 14.3 Å². The average molecular weight is 293 g/mol. The van der Waals surface area contributed by atoms with Gasteiger partial charge < -0.3 is 15.2 Å². The number of rotatable bonds is 5. The van der Waals surface area contributed by atoms with Crippen LogP contribution in [0.5, 0.6) is 0 Å². The van der Waals surface area contributed by atoms with Gasteiger partial charge in [0, 0.05) is 23.7 Å². The Labute approximate surface area is 120 Å². The third kappa shape index (κ3) is 3.55. The highest BCUT2D eigenvalue weighted by Crippen LogP contribution is 2.29. The number of benzene rings is 1. The lowest BCUT2D eigenvalue weighted by Gasteiger charge is -2.11. The lowest BCUT2D eigenvalue weighted by molar-refractivity contribution is -0.146. The first-order valence-electron chi connectivity index (χ1n) is 6.12. The number of amides is 1. The Balaban J connectivity index is 1.93. The van der Waals surface area contributed by atoms with Gasteiger partial charge in [-0.2, -0.15) is 0 Å². The van der Waals surface area contributed by atoms with Crippen molar-refractivity contribution in [3.8, 4) is 0 Å². The van der Waals surface area contributed by atoms with Crippen LogP contribution in [0.2, 0.25) is 0 Å². The predicted octanol–water partition coefficient (Wildman–Crippen LogP) is 1.61. The van der Waals surface area contributed by atoms with Crippen LogP contribution in [0, 0.1) is 0 Å². The molecule has 2 rings (SSSR count). The monoisotopic (exact) mass is 293 g/mol. The highest BCUT2D eigenvalue weighted by molar-refractivity contribution is 7.17. The van der Waals surface area contributed by atoms with E-state index >= 15 is 0 Å². The van der Waals surface area contributed by atoms with Gasteiger partial charge in [0.2, 0.25) is 0 Å². The highest BCUT2D eigenvalue weighted by Gasteiger charge is 2.14. The fraction of sp³-hybridized carbons (Fsp3) is 0.286. The molecule has 20 heavy (non-hydrogen) atoms. The van der Waals surface area contributed by atoms with Crippen LogP contribution in [0.1, 0.15) is 18.6 Å². The van der Waals surface area contributed by atoms with E-state index in [4.69, 9.17) is 0 Å². The van der Waals surface area contributed by atoms with Crippen LogP contribution in [0.3, 0.4) is 0 Å². The summed E-state index contributed by atoms with van der Waals surface area (Å²) in [4.78, 5) is 22.0. The van der Waals surface area contributed by atoms with Gasteiger partial charge in [-0.25, -0.2) is 0 Å². The Morgan fingerprint density at radius 3 is 2.90 bits per heavy atom. The smallest absolute Gasteiger partial charge is 0.303 e. The number of aliphatic hydroxyl groups excluding tert-OH is 1. The molecule has 0 spiro atoms. The zero-order chi connectivity index (χ0) is 14.5. The van der Waals surface area contributed by atoms with Gasteiger partial charge in [-0.05, 0) is 16.8 Å². The first-order chi connectivity index (χ1) is 9.58. The van der Waals surface area contributed by atoms with Crippen molar-refractivity contribution in [2.75, 3.05) is 13.2 Å². The molecule has 1 amide bonds. The largest absolute Gasteiger partial charge is 0.456 e. The fourth-order valence-electron chi connectivity index (χ4n) is 1.80. The van der Waals surface area contributed by atoms with Crippen molar-refractivity contribution in [2.24, 2.45) is 0 Å². The zero-order valence-electron chi connectivity index (χ0n) is 11.0. The quantitative estimate of drug-likeness (QED) is 0.821. The Morgan fingerprint density at radius 1 is 1.40 bits per heavy atom. The molecule has 0 bridgehead atoms. The molecule has 1 aromatic heterocycles. The summed E-state index contributed by atoms with van der Waals surface area (Å²) in [5.41, 5.74) is 0.790. The number of ether oxygens (including phenoxy) is 1. The molecule has 2 N–H and O–H groups in total. The zero-order valence-corrected chi connectivity index (χ0v) is 11.8. The molecule has 1 heterocycles. The minimum absolute atomic E-state index is 0.0842. The topological polar surface area (TPSA) is 75.6 Å². The van der Waals surface area contributed by atoms with Crippen molar-refractivity contribution in [3.63, 3.8) is 0 Å². The average Bonchev–Trinajstić information content (AvgIpc) is 2.86. The molecular formula is C14H15NO4S. The van der Waals surface area contributed by atoms with E-state index in [0.717, 1.165) is 15.6 Å². The van der Waals surface area contributed by atoms with Gasteiger partial charge in [0.15, 0.2) is 6.61 Å². The van der Waals surface area contributed by atoms with Gasteiger partial charge in [-0.15, -0.1) is 11.3 Å². The van der Waals surface area contributed by atoms with Crippen molar-refractivity contribution >= 4 is 33.3 Å². The number of thiophene rings is 1. The van der Waals surface area contributed by atoms with Crippen LogP contribution in [-0.4, -0.2) is 30.1 Å². The fourth-order valence-corrected chi connectivity index (χ4v) is 2.80. The van der Waals surface area contributed by atoms with Crippen LogP contribution in [0.25, 0.3) is 10.1 Å². The van der Waals surface area contributed by atoms with E-state index in [9.17, 15) is 14.7 Å². The SMILES string of the molecule is CC(=O)OCC(=O)NC[C@H](O)c1csc2ccccc12.